The molecule has 1 N–H and O–H groups in total. The number of benzene rings is 2. The molecule has 0 aliphatic rings. The highest BCUT2D eigenvalue weighted by Gasteiger charge is 2.14. The molecule has 0 spiro atoms. The Hall–Kier alpha value is -2.82. The lowest BCUT2D eigenvalue weighted by Gasteiger charge is -2.18. The fourth-order valence-electron chi connectivity index (χ4n) is 2.64. The summed E-state index contributed by atoms with van der Waals surface area (Å²) in [6.07, 6.45) is 2.57. The summed E-state index contributed by atoms with van der Waals surface area (Å²) in [5.41, 5.74) is 5.17. The predicted molar refractivity (Wildman–Crippen MR) is 118 cm³/mol. The first-order chi connectivity index (χ1) is 13.7. The van der Waals surface area contributed by atoms with Crippen LogP contribution >= 0.6 is 0 Å². The van der Waals surface area contributed by atoms with Crippen LogP contribution < -0.4 is 14.9 Å². The molecule has 0 fully saturated rings. The maximum Gasteiger partial charge on any atom is 0.271 e. The lowest BCUT2D eigenvalue weighted by Crippen LogP contribution is -2.18. The highest BCUT2D eigenvalue weighted by molar-refractivity contribution is 5.95. The van der Waals surface area contributed by atoms with Crippen LogP contribution in [0.5, 0.6) is 11.5 Å². The number of nitrogens with zero attached hydrogens (tertiary/aromatic N) is 1. The summed E-state index contributed by atoms with van der Waals surface area (Å²) in [6, 6.07) is 13.1. The third kappa shape index (κ3) is 6.93. The fraction of sp³-hybridized carbons (Fsp3) is 0.417. The van der Waals surface area contributed by atoms with Gasteiger partial charge in [-0.25, -0.2) is 5.43 Å². The van der Waals surface area contributed by atoms with E-state index in [-0.39, 0.29) is 11.3 Å². The number of hydrogen-bond acceptors (Lipinski definition) is 4. The molecular weight excluding hydrogens is 364 g/mol. The molecule has 0 saturated heterocycles. The quantitative estimate of drug-likeness (QED) is 0.494. The van der Waals surface area contributed by atoms with Crippen LogP contribution in [0, 0.1) is 5.92 Å². The molecule has 0 unspecified atom stereocenters. The molecule has 29 heavy (non-hydrogen) atoms. The number of rotatable bonds is 8. The largest absolute Gasteiger partial charge is 0.493 e. The molecule has 0 atom stereocenters. The van der Waals surface area contributed by atoms with E-state index in [1.54, 1.807) is 13.3 Å². The Bertz CT molecular complexity index is 834. The van der Waals surface area contributed by atoms with Crippen molar-refractivity contribution >= 4 is 12.1 Å². The van der Waals surface area contributed by atoms with E-state index in [0.29, 0.717) is 29.6 Å². The van der Waals surface area contributed by atoms with Crippen LogP contribution in [-0.2, 0) is 5.41 Å². The first kappa shape index (κ1) is 22.5. The maximum absolute atomic E-state index is 12.3. The summed E-state index contributed by atoms with van der Waals surface area (Å²) in [6.45, 7) is 11.4. The molecular formula is C24H32N2O3. The van der Waals surface area contributed by atoms with Crippen molar-refractivity contribution in [2.24, 2.45) is 11.0 Å². The zero-order chi connectivity index (χ0) is 21.4. The molecule has 1 amide bonds. The second-order valence-corrected chi connectivity index (χ2v) is 8.47. The molecule has 0 radical (unpaired) electrons. The van der Waals surface area contributed by atoms with Crippen molar-refractivity contribution in [3.63, 3.8) is 0 Å². The van der Waals surface area contributed by atoms with Crippen LogP contribution in [0.15, 0.2) is 47.6 Å². The van der Waals surface area contributed by atoms with E-state index >= 15 is 0 Å². The topological polar surface area (TPSA) is 59.9 Å². The first-order valence-corrected chi connectivity index (χ1v) is 9.95. The van der Waals surface area contributed by atoms with Gasteiger partial charge in [0.05, 0.1) is 19.9 Å². The molecule has 2 aromatic rings. The molecule has 2 rings (SSSR count). The number of nitrogens with one attached hydrogen (secondary N) is 1. The average molecular weight is 397 g/mol. The SMILES string of the molecule is COc1cc(C=NNC(=O)c2ccc(C(C)(C)C)cc2)ccc1OCCC(C)C. The number of carbonyl (C=O) groups is 1. The molecule has 5 nitrogen and oxygen atoms in total. The van der Waals surface area contributed by atoms with Crippen LogP contribution in [0.4, 0.5) is 0 Å². The number of hydrogen-bond donors (Lipinski definition) is 1. The molecule has 0 heterocycles. The Balaban J connectivity index is 1.97. The minimum Gasteiger partial charge on any atom is -0.493 e. The van der Waals surface area contributed by atoms with Gasteiger partial charge in [-0.05, 0) is 59.2 Å². The number of amides is 1. The molecule has 156 valence electrons. The molecule has 5 heteroatoms. The lowest BCUT2D eigenvalue weighted by atomic mass is 9.87. The molecule has 0 aliphatic carbocycles. The minimum atomic E-state index is -0.248. The van der Waals surface area contributed by atoms with Gasteiger partial charge in [-0.2, -0.15) is 5.10 Å². The van der Waals surface area contributed by atoms with E-state index in [4.69, 9.17) is 9.47 Å². The number of ether oxygens (including phenoxy) is 2. The fourth-order valence-corrected chi connectivity index (χ4v) is 2.64. The van der Waals surface area contributed by atoms with E-state index < -0.39 is 0 Å². The second kappa shape index (κ2) is 10.1. The zero-order valence-corrected chi connectivity index (χ0v) is 18.3. The Kier molecular flexibility index (Phi) is 7.82. The Morgan fingerprint density at radius 1 is 1.10 bits per heavy atom. The van der Waals surface area contributed by atoms with Crippen LogP contribution in [0.25, 0.3) is 0 Å². The van der Waals surface area contributed by atoms with Crippen molar-refractivity contribution in [1.82, 2.24) is 5.43 Å². The summed E-state index contributed by atoms with van der Waals surface area (Å²) in [4.78, 5) is 12.3. The highest BCUT2D eigenvalue weighted by Crippen LogP contribution is 2.28. The number of carbonyl (C=O) groups excluding carboxylic acids is 1. The van der Waals surface area contributed by atoms with Gasteiger partial charge >= 0.3 is 0 Å². The van der Waals surface area contributed by atoms with E-state index in [0.717, 1.165) is 12.0 Å². The van der Waals surface area contributed by atoms with E-state index in [2.05, 4.69) is 45.1 Å². The van der Waals surface area contributed by atoms with Gasteiger partial charge < -0.3 is 9.47 Å². The van der Waals surface area contributed by atoms with Crippen LogP contribution in [0.2, 0.25) is 0 Å². The molecule has 0 aliphatic heterocycles. The van der Waals surface area contributed by atoms with Crippen molar-refractivity contribution in [3.8, 4) is 11.5 Å². The van der Waals surface area contributed by atoms with Gasteiger partial charge in [0.1, 0.15) is 0 Å². The van der Waals surface area contributed by atoms with Crippen molar-refractivity contribution in [3.05, 3.63) is 59.2 Å². The van der Waals surface area contributed by atoms with Crippen LogP contribution in [0.1, 0.15) is 62.5 Å². The first-order valence-electron chi connectivity index (χ1n) is 9.95. The molecule has 0 bridgehead atoms. The van der Waals surface area contributed by atoms with Crippen molar-refractivity contribution in [2.45, 2.75) is 46.5 Å². The van der Waals surface area contributed by atoms with Gasteiger partial charge in [0.2, 0.25) is 0 Å². The smallest absolute Gasteiger partial charge is 0.271 e. The Morgan fingerprint density at radius 2 is 1.79 bits per heavy atom. The Labute approximate surface area is 174 Å². The number of hydrazone groups is 1. The minimum absolute atomic E-state index is 0.0525. The van der Waals surface area contributed by atoms with Gasteiger partial charge in [0.25, 0.3) is 5.91 Å². The van der Waals surface area contributed by atoms with Crippen molar-refractivity contribution in [2.75, 3.05) is 13.7 Å². The maximum atomic E-state index is 12.3. The van der Waals surface area contributed by atoms with Gasteiger partial charge in [-0.1, -0.05) is 46.8 Å². The van der Waals surface area contributed by atoms with Crippen LogP contribution in [-0.4, -0.2) is 25.8 Å². The van der Waals surface area contributed by atoms with Gasteiger partial charge in [0, 0.05) is 5.56 Å². The Morgan fingerprint density at radius 3 is 2.38 bits per heavy atom. The zero-order valence-electron chi connectivity index (χ0n) is 18.3. The second-order valence-electron chi connectivity index (χ2n) is 8.47. The summed E-state index contributed by atoms with van der Waals surface area (Å²) in [7, 11) is 1.61. The predicted octanol–water partition coefficient (Wildman–Crippen LogP) is 5.18. The highest BCUT2D eigenvalue weighted by atomic mass is 16.5. The lowest BCUT2D eigenvalue weighted by molar-refractivity contribution is 0.0955. The summed E-state index contributed by atoms with van der Waals surface area (Å²) in [5, 5.41) is 4.06. The van der Waals surface area contributed by atoms with Crippen molar-refractivity contribution < 1.29 is 14.3 Å². The summed E-state index contributed by atoms with van der Waals surface area (Å²) in [5.74, 6) is 1.68. The summed E-state index contributed by atoms with van der Waals surface area (Å²) < 4.78 is 11.2. The monoisotopic (exact) mass is 396 g/mol. The van der Waals surface area contributed by atoms with Gasteiger partial charge in [-0.15, -0.1) is 0 Å². The van der Waals surface area contributed by atoms with Crippen LogP contribution in [0.3, 0.4) is 0 Å². The van der Waals surface area contributed by atoms with Crippen molar-refractivity contribution in [1.29, 1.82) is 0 Å². The van der Waals surface area contributed by atoms with E-state index in [9.17, 15) is 4.79 Å². The van der Waals surface area contributed by atoms with Gasteiger partial charge in [0.15, 0.2) is 11.5 Å². The molecule has 0 saturated carbocycles. The third-order valence-electron chi connectivity index (χ3n) is 4.53. The normalized spacial score (nSPS) is 11.7. The molecule has 0 aromatic heterocycles. The number of methoxy groups -OCH3 is 1. The summed E-state index contributed by atoms with van der Waals surface area (Å²) >= 11 is 0. The van der Waals surface area contributed by atoms with E-state index in [1.807, 2.05) is 42.5 Å². The van der Waals surface area contributed by atoms with Gasteiger partial charge in [-0.3, -0.25) is 4.79 Å². The van der Waals surface area contributed by atoms with E-state index in [1.165, 1.54) is 5.56 Å². The average Bonchev–Trinajstić information content (AvgIpc) is 2.67. The third-order valence-corrected chi connectivity index (χ3v) is 4.53. The standard InChI is InChI=1S/C24H32N2O3/c1-17(2)13-14-29-21-12-7-18(15-22(21)28-6)16-25-26-23(27)19-8-10-20(11-9-19)24(3,4)5/h7-12,15-17H,13-14H2,1-6H3,(H,26,27). The molecule has 2 aromatic carbocycles.